The highest BCUT2D eigenvalue weighted by Gasteiger charge is 2.12. The van der Waals surface area contributed by atoms with E-state index in [-0.39, 0.29) is 5.91 Å². The van der Waals surface area contributed by atoms with E-state index < -0.39 is 6.04 Å². The highest BCUT2D eigenvalue weighted by molar-refractivity contribution is 7.08. The van der Waals surface area contributed by atoms with Gasteiger partial charge in [0.2, 0.25) is 5.91 Å². The van der Waals surface area contributed by atoms with Crippen LogP contribution in [0.2, 0.25) is 0 Å². The molecule has 14 heavy (non-hydrogen) atoms. The van der Waals surface area contributed by atoms with Gasteiger partial charge in [-0.3, -0.25) is 4.79 Å². The van der Waals surface area contributed by atoms with Crippen LogP contribution in [0.4, 0.5) is 5.69 Å². The smallest absolute Gasteiger partial charge is 0.241 e. The Labute approximate surface area is 87.6 Å². The van der Waals surface area contributed by atoms with Gasteiger partial charge in [0, 0.05) is 5.38 Å². The maximum absolute atomic E-state index is 11.5. The molecule has 1 aromatic rings. The van der Waals surface area contributed by atoms with Crippen molar-refractivity contribution in [2.24, 2.45) is 5.73 Å². The van der Waals surface area contributed by atoms with Crippen molar-refractivity contribution in [1.29, 1.82) is 0 Å². The third kappa shape index (κ3) is 2.68. The number of amides is 1. The van der Waals surface area contributed by atoms with Gasteiger partial charge in [-0.05, 0) is 24.3 Å². The van der Waals surface area contributed by atoms with E-state index in [1.54, 1.807) is 17.4 Å². The summed E-state index contributed by atoms with van der Waals surface area (Å²) in [4.78, 5) is 11.5. The van der Waals surface area contributed by atoms with Gasteiger partial charge in [-0.25, -0.2) is 0 Å². The number of rotatable bonds is 4. The SMILES string of the molecule is C=CCC(N)C(=O)Nc1cscc1C. The summed E-state index contributed by atoms with van der Waals surface area (Å²) in [5.74, 6) is -0.161. The standard InChI is InChI=1S/C10H14N2OS/c1-3-4-8(11)10(13)12-9-6-14-5-7(9)2/h3,5-6,8H,1,4,11H2,2H3,(H,12,13). The summed E-state index contributed by atoms with van der Waals surface area (Å²) in [5, 5.41) is 6.65. The second-order valence-corrected chi connectivity index (χ2v) is 3.83. The van der Waals surface area contributed by atoms with Crippen LogP contribution in [0.1, 0.15) is 12.0 Å². The maximum Gasteiger partial charge on any atom is 0.241 e. The van der Waals surface area contributed by atoms with Crippen LogP contribution >= 0.6 is 11.3 Å². The molecular weight excluding hydrogens is 196 g/mol. The summed E-state index contributed by atoms with van der Waals surface area (Å²) in [6.07, 6.45) is 2.14. The summed E-state index contributed by atoms with van der Waals surface area (Å²) in [5.41, 5.74) is 7.53. The van der Waals surface area contributed by atoms with Crippen molar-refractivity contribution in [1.82, 2.24) is 0 Å². The lowest BCUT2D eigenvalue weighted by molar-refractivity contribution is -0.117. The first-order chi connectivity index (χ1) is 6.65. The van der Waals surface area contributed by atoms with Gasteiger partial charge in [-0.2, -0.15) is 0 Å². The van der Waals surface area contributed by atoms with Crippen LogP contribution in [0.15, 0.2) is 23.4 Å². The van der Waals surface area contributed by atoms with Crippen molar-refractivity contribution in [3.05, 3.63) is 29.0 Å². The molecule has 1 amide bonds. The highest BCUT2D eigenvalue weighted by atomic mass is 32.1. The molecule has 0 radical (unpaired) electrons. The molecule has 0 aliphatic carbocycles. The molecule has 0 bridgehead atoms. The fourth-order valence-corrected chi connectivity index (χ4v) is 1.78. The molecule has 3 nitrogen and oxygen atoms in total. The van der Waals surface area contributed by atoms with E-state index in [1.807, 2.05) is 17.7 Å². The molecule has 1 unspecified atom stereocenters. The van der Waals surface area contributed by atoms with Crippen molar-refractivity contribution in [2.45, 2.75) is 19.4 Å². The molecule has 0 spiro atoms. The van der Waals surface area contributed by atoms with Crippen molar-refractivity contribution >= 4 is 22.9 Å². The Hall–Kier alpha value is -1.13. The zero-order chi connectivity index (χ0) is 10.6. The van der Waals surface area contributed by atoms with E-state index in [0.29, 0.717) is 6.42 Å². The molecule has 76 valence electrons. The summed E-state index contributed by atoms with van der Waals surface area (Å²) in [7, 11) is 0. The number of thiophene rings is 1. The van der Waals surface area contributed by atoms with Crippen molar-refractivity contribution < 1.29 is 4.79 Å². The van der Waals surface area contributed by atoms with E-state index in [0.717, 1.165) is 11.3 Å². The van der Waals surface area contributed by atoms with Gasteiger partial charge in [-0.15, -0.1) is 17.9 Å². The van der Waals surface area contributed by atoms with E-state index in [9.17, 15) is 4.79 Å². The molecule has 0 aliphatic rings. The molecule has 1 atom stereocenters. The van der Waals surface area contributed by atoms with Gasteiger partial charge < -0.3 is 11.1 Å². The molecule has 1 aromatic heterocycles. The monoisotopic (exact) mass is 210 g/mol. The minimum absolute atomic E-state index is 0.161. The fourth-order valence-electron chi connectivity index (χ4n) is 1.00. The lowest BCUT2D eigenvalue weighted by atomic mass is 10.2. The van der Waals surface area contributed by atoms with Crippen LogP contribution in [0.3, 0.4) is 0 Å². The van der Waals surface area contributed by atoms with E-state index in [4.69, 9.17) is 5.73 Å². The second kappa shape index (κ2) is 4.93. The molecule has 0 saturated carbocycles. The number of carbonyl (C=O) groups is 1. The molecule has 1 heterocycles. The minimum atomic E-state index is -0.508. The first kappa shape index (κ1) is 10.9. The number of nitrogens with one attached hydrogen (secondary N) is 1. The van der Waals surface area contributed by atoms with Crippen molar-refractivity contribution in [2.75, 3.05) is 5.32 Å². The van der Waals surface area contributed by atoms with Gasteiger partial charge in [0.1, 0.15) is 0 Å². The molecule has 0 fully saturated rings. The second-order valence-electron chi connectivity index (χ2n) is 3.09. The topological polar surface area (TPSA) is 55.1 Å². The summed E-state index contributed by atoms with van der Waals surface area (Å²) >= 11 is 1.56. The van der Waals surface area contributed by atoms with E-state index in [2.05, 4.69) is 11.9 Å². The Morgan fingerprint density at radius 3 is 3.00 bits per heavy atom. The average Bonchev–Trinajstić information content (AvgIpc) is 2.52. The fraction of sp³-hybridized carbons (Fsp3) is 0.300. The zero-order valence-electron chi connectivity index (χ0n) is 8.12. The third-order valence-electron chi connectivity index (χ3n) is 1.87. The Morgan fingerprint density at radius 2 is 2.50 bits per heavy atom. The first-order valence-corrected chi connectivity index (χ1v) is 5.29. The average molecular weight is 210 g/mol. The number of carbonyl (C=O) groups excluding carboxylic acids is 1. The Bertz CT molecular complexity index is 333. The predicted octanol–water partition coefficient (Wildman–Crippen LogP) is 1.90. The number of anilines is 1. The Kier molecular flexibility index (Phi) is 3.85. The van der Waals surface area contributed by atoms with Gasteiger partial charge in [0.15, 0.2) is 0 Å². The summed E-state index contributed by atoms with van der Waals surface area (Å²) in [6.45, 7) is 5.49. The van der Waals surface area contributed by atoms with E-state index in [1.165, 1.54) is 0 Å². The van der Waals surface area contributed by atoms with Gasteiger partial charge in [0.05, 0.1) is 11.7 Å². The number of hydrogen-bond acceptors (Lipinski definition) is 3. The zero-order valence-corrected chi connectivity index (χ0v) is 8.93. The number of nitrogens with two attached hydrogens (primary N) is 1. The normalized spacial score (nSPS) is 12.1. The molecule has 1 rings (SSSR count). The maximum atomic E-state index is 11.5. The van der Waals surface area contributed by atoms with Crippen LogP contribution in [-0.4, -0.2) is 11.9 Å². The van der Waals surface area contributed by atoms with Crippen LogP contribution in [-0.2, 0) is 4.79 Å². The number of aryl methyl sites for hydroxylation is 1. The molecule has 3 N–H and O–H groups in total. The lowest BCUT2D eigenvalue weighted by Gasteiger charge is -2.09. The largest absolute Gasteiger partial charge is 0.324 e. The molecule has 0 aromatic carbocycles. The molecule has 4 heteroatoms. The first-order valence-electron chi connectivity index (χ1n) is 4.35. The van der Waals surface area contributed by atoms with Crippen LogP contribution < -0.4 is 11.1 Å². The third-order valence-corrected chi connectivity index (χ3v) is 2.73. The van der Waals surface area contributed by atoms with Gasteiger partial charge in [0.25, 0.3) is 0 Å². The van der Waals surface area contributed by atoms with Crippen LogP contribution in [0.25, 0.3) is 0 Å². The van der Waals surface area contributed by atoms with Gasteiger partial charge in [-0.1, -0.05) is 6.08 Å². The molecule has 0 saturated heterocycles. The molecule has 0 aliphatic heterocycles. The van der Waals surface area contributed by atoms with Gasteiger partial charge >= 0.3 is 0 Å². The van der Waals surface area contributed by atoms with E-state index >= 15 is 0 Å². The summed E-state index contributed by atoms with van der Waals surface area (Å²) < 4.78 is 0. The molecular formula is C10H14N2OS. The Balaban J connectivity index is 2.57. The quantitative estimate of drug-likeness (QED) is 0.746. The van der Waals surface area contributed by atoms with Crippen molar-refractivity contribution in [3.63, 3.8) is 0 Å². The Morgan fingerprint density at radius 1 is 1.79 bits per heavy atom. The lowest BCUT2D eigenvalue weighted by Crippen LogP contribution is -2.35. The van der Waals surface area contributed by atoms with Crippen molar-refractivity contribution in [3.8, 4) is 0 Å². The summed E-state index contributed by atoms with van der Waals surface area (Å²) in [6, 6.07) is -0.508. The minimum Gasteiger partial charge on any atom is -0.324 e. The highest BCUT2D eigenvalue weighted by Crippen LogP contribution is 2.19. The predicted molar refractivity (Wildman–Crippen MR) is 60.5 cm³/mol. The van der Waals surface area contributed by atoms with Crippen LogP contribution in [0.5, 0.6) is 0 Å². The van der Waals surface area contributed by atoms with Crippen LogP contribution in [0, 0.1) is 6.92 Å². The number of hydrogen-bond donors (Lipinski definition) is 2.